The van der Waals surface area contributed by atoms with E-state index in [-0.39, 0.29) is 5.56 Å². The van der Waals surface area contributed by atoms with Crippen LogP contribution >= 0.6 is 27.3 Å². The van der Waals surface area contributed by atoms with Crippen molar-refractivity contribution in [3.8, 4) is 0 Å². The lowest BCUT2D eigenvalue weighted by Crippen LogP contribution is -2.14. The van der Waals surface area contributed by atoms with Gasteiger partial charge in [-0.1, -0.05) is 11.3 Å². The molecule has 0 aliphatic rings. The quantitative estimate of drug-likeness (QED) is 0.868. The van der Waals surface area contributed by atoms with E-state index in [0.29, 0.717) is 5.13 Å². The normalized spacial score (nSPS) is 10.1. The molecule has 0 fully saturated rings. The van der Waals surface area contributed by atoms with Crippen molar-refractivity contribution in [1.29, 1.82) is 0 Å². The molecule has 4 nitrogen and oxygen atoms in total. The highest BCUT2D eigenvalue weighted by molar-refractivity contribution is 9.11. The summed E-state index contributed by atoms with van der Waals surface area (Å²) in [6.07, 6.45) is 2.84. The number of hydrogen-bond acceptors (Lipinski definition) is 4. The lowest BCUT2D eigenvalue weighted by molar-refractivity contribution is 0.102. The Bertz CT molecular complexity index is 531. The number of rotatable bonds is 2. The molecule has 0 aromatic carbocycles. The molecule has 1 N–H and O–H groups in total. The van der Waals surface area contributed by atoms with Gasteiger partial charge in [0.05, 0.1) is 15.5 Å². The van der Waals surface area contributed by atoms with Crippen molar-refractivity contribution < 1.29 is 9.18 Å². The average molecular weight is 302 g/mol. The van der Waals surface area contributed by atoms with E-state index in [1.807, 2.05) is 0 Å². The third-order valence-corrected chi connectivity index (χ3v) is 3.09. The Morgan fingerprint density at radius 3 is 2.94 bits per heavy atom. The van der Waals surface area contributed by atoms with Gasteiger partial charge in [-0.05, 0) is 28.1 Å². The van der Waals surface area contributed by atoms with Gasteiger partial charge in [-0.15, -0.1) is 0 Å². The first kappa shape index (κ1) is 11.2. The fourth-order valence-electron chi connectivity index (χ4n) is 1.03. The van der Waals surface area contributed by atoms with Crippen LogP contribution in [0.15, 0.2) is 28.3 Å². The molecule has 2 aromatic heterocycles. The van der Waals surface area contributed by atoms with E-state index < -0.39 is 11.9 Å². The number of amides is 1. The van der Waals surface area contributed by atoms with E-state index in [1.165, 1.54) is 29.7 Å². The van der Waals surface area contributed by atoms with Gasteiger partial charge in [0.2, 0.25) is 5.95 Å². The van der Waals surface area contributed by atoms with Crippen LogP contribution in [0.1, 0.15) is 10.4 Å². The number of hydrogen-bond donors (Lipinski definition) is 1. The van der Waals surface area contributed by atoms with Crippen LogP contribution < -0.4 is 5.32 Å². The molecular weight excluding hydrogens is 297 g/mol. The molecule has 0 atom stereocenters. The summed E-state index contributed by atoms with van der Waals surface area (Å²) in [4.78, 5) is 18.9. The molecule has 7 heteroatoms. The first-order valence-corrected chi connectivity index (χ1v) is 5.81. The molecule has 1 amide bonds. The van der Waals surface area contributed by atoms with Crippen molar-refractivity contribution in [1.82, 2.24) is 9.97 Å². The second-order valence-corrected chi connectivity index (χ2v) is 5.18. The van der Waals surface area contributed by atoms with Crippen LogP contribution in [-0.2, 0) is 0 Å². The molecule has 0 bridgehead atoms. The molecule has 0 unspecified atom stereocenters. The van der Waals surface area contributed by atoms with Gasteiger partial charge in [-0.2, -0.15) is 4.39 Å². The van der Waals surface area contributed by atoms with E-state index >= 15 is 0 Å². The maximum atomic E-state index is 13.1. The number of halogens is 2. The fraction of sp³-hybridized carbons (Fsp3) is 0. The van der Waals surface area contributed by atoms with E-state index in [1.54, 1.807) is 6.20 Å². The number of nitrogens with zero attached hydrogens (tertiary/aromatic N) is 2. The van der Waals surface area contributed by atoms with E-state index in [0.717, 1.165) is 3.79 Å². The second-order valence-electron chi connectivity index (χ2n) is 2.77. The van der Waals surface area contributed by atoms with Crippen molar-refractivity contribution in [2.75, 3.05) is 5.32 Å². The molecule has 0 radical (unpaired) electrons. The predicted octanol–water partition coefficient (Wildman–Crippen LogP) is 2.69. The van der Waals surface area contributed by atoms with Gasteiger partial charge >= 0.3 is 0 Å². The molecule has 2 aromatic rings. The third kappa shape index (κ3) is 2.42. The minimum Gasteiger partial charge on any atom is -0.298 e. The number of thiazole rings is 1. The summed E-state index contributed by atoms with van der Waals surface area (Å²) in [5.41, 5.74) is -0.103. The van der Waals surface area contributed by atoms with Gasteiger partial charge in [0, 0.05) is 6.20 Å². The first-order valence-electron chi connectivity index (χ1n) is 4.20. The number of anilines is 1. The number of pyridine rings is 1. The van der Waals surface area contributed by atoms with Crippen molar-refractivity contribution >= 4 is 38.3 Å². The smallest absolute Gasteiger partial charge is 0.262 e. The Morgan fingerprint density at radius 2 is 2.31 bits per heavy atom. The number of carbonyl (C=O) groups excluding carboxylic acids is 1. The second kappa shape index (κ2) is 4.67. The van der Waals surface area contributed by atoms with Gasteiger partial charge in [0.25, 0.3) is 5.91 Å². The van der Waals surface area contributed by atoms with Crippen molar-refractivity contribution in [3.63, 3.8) is 0 Å². The molecule has 82 valence electrons. The zero-order valence-electron chi connectivity index (χ0n) is 7.78. The standard InChI is InChI=1S/C9H5BrFN3OS/c10-6-4-13-9(16-6)14-8(15)5-2-1-3-12-7(5)11/h1-4H,(H,13,14,15). The van der Waals surface area contributed by atoms with Crippen LogP contribution in [0.25, 0.3) is 0 Å². The molecule has 0 aliphatic carbocycles. The highest BCUT2D eigenvalue weighted by Crippen LogP contribution is 2.23. The number of nitrogens with one attached hydrogen (secondary N) is 1. The molecular formula is C9H5BrFN3OS. The highest BCUT2D eigenvalue weighted by Gasteiger charge is 2.13. The minimum absolute atomic E-state index is 0.103. The van der Waals surface area contributed by atoms with Crippen molar-refractivity contribution in [2.45, 2.75) is 0 Å². The van der Waals surface area contributed by atoms with Crippen molar-refractivity contribution in [2.24, 2.45) is 0 Å². The topological polar surface area (TPSA) is 54.9 Å². The molecule has 0 saturated heterocycles. The first-order chi connectivity index (χ1) is 7.66. The van der Waals surface area contributed by atoms with Crippen LogP contribution in [-0.4, -0.2) is 15.9 Å². The van der Waals surface area contributed by atoms with Crippen LogP contribution in [0.5, 0.6) is 0 Å². The molecule has 0 spiro atoms. The Balaban J connectivity index is 2.18. The Morgan fingerprint density at radius 1 is 1.50 bits per heavy atom. The molecule has 0 aliphatic heterocycles. The average Bonchev–Trinajstić information content (AvgIpc) is 2.64. The summed E-state index contributed by atoms with van der Waals surface area (Å²) in [5.74, 6) is -1.36. The molecule has 2 heterocycles. The summed E-state index contributed by atoms with van der Waals surface area (Å²) >= 11 is 4.46. The van der Waals surface area contributed by atoms with Crippen LogP contribution in [0.3, 0.4) is 0 Å². The van der Waals surface area contributed by atoms with Crippen LogP contribution in [0.2, 0.25) is 0 Å². The van der Waals surface area contributed by atoms with Gasteiger partial charge in [0.15, 0.2) is 5.13 Å². The largest absolute Gasteiger partial charge is 0.298 e. The summed E-state index contributed by atoms with van der Waals surface area (Å²) in [5, 5.41) is 2.88. The lowest BCUT2D eigenvalue weighted by atomic mass is 10.2. The SMILES string of the molecule is O=C(Nc1ncc(Br)s1)c1cccnc1F. The zero-order valence-corrected chi connectivity index (χ0v) is 10.2. The van der Waals surface area contributed by atoms with E-state index in [9.17, 15) is 9.18 Å². The minimum atomic E-state index is -0.796. The molecule has 0 saturated carbocycles. The van der Waals surface area contributed by atoms with Gasteiger partial charge in [-0.3, -0.25) is 10.1 Å². The predicted molar refractivity (Wildman–Crippen MR) is 62.0 cm³/mol. The summed E-state index contributed by atoms with van der Waals surface area (Å²) < 4.78 is 13.9. The van der Waals surface area contributed by atoms with E-state index in [2.05, 4.69) is 31.2 Å². The van der Waals surface area contributed by atoms with Crippen molar-refractivity contribution in [3.05, 3.63) is 39.8 Å². The molecule has 16 heavy (non-hydrogen) atoms. The van der Waals surface area contributed by atoms with E-state index in [4.69, 9.17) is 0 Å². The summed E-state index contributed by atoms with van der Waals surface area (Å²) in [7, 11) is 0. The summed E-state index contributed by atoms with van der Waals surface area (Å²) in [6.45, 7) is 0. The van der Waals surface area contributed by atoms with Gasteiger partial charge in [0.1, 0.15) is 0 Å². The van der Waals surface area contributed by atoms with Gasteiger partial charge < -0.3 is 0 Å². The monoisotopic (exact) mass is 301 g/mol. The lowest BCUT2D eigenvalue weighted by Gasteiger charge is -2.01. The maximum absolute atomic E-state index is 13.1. The Hall–Kier alpha value is -1.34. The summed E-state index contributed by atoms with van der Waals surface area (Å²) in [6, 6.07) is 2.86. The third-order valence-electron chi connectivity index (χ3n) is 1.70. The Labute approximate surface area is 103 Å². The van der Waals surface area contributed by atoms with Crippen LogP contribution in [0.4, 0.5) is 9.52 Å². The van der Waals surface area contributed by atoms with Gasteiger partial charge in [-0.25, -0.2) is 9.97 Å². The zero-order chi connectivity index (χ0) is 11.5. The highest BCUT2D eigenvalue weighted by atomic mass is 79.9. The fourth-order valence-corrected chi connectivity index (χ4v) is 2.13. The molecule has 2 rings (SSSR count). The maximum Gasteiger partial charge on any atom is 0.262 e. The van der Waals surface area contributed by atoms with Crippen LogP contribution in [0, 0.1) is 5.95 Å². The number of carbonyl (C=O) groups is 1. The number of aromatic nitrogens is 2. The Kier molecular flexibility index (Phi) is 3.25.